The molecule has 0 unspecified atom stereocenters. The molecule has 0 aliphatic heterocycles. The Hall–Kier alpha value is -1.58. The van der Waals surface area contributed by atoms with Gasteiger partial charge in [0.1, 0.15) is 0 Å². The summed E-state index contributed by atoms with van der Waals surface area (Å²) in [6.07, 6.45) is 0. The summed E-state index contributed by atoms with van der Waals surface area (Å²) < 4.78 is 0. The average molecular weight is 257 g/mol. The highest BCUT2D eigenvalue weighted by molar-refractivity contribution is 7.08. The van der Waals surface area contributed by atoms with E-state index in [1.165, 1.54) is 17.1 Å². The van der Waals surface area contributed by atoms with E-state index in [0.717, 1.165) is 0 Å². The third-order valence-corrected chi connectivity index (χ3v) is 3.88. The third kappa shape index (κ3) is 2.12. The molecule has 3 aromatic rings. The van der Waals surface area contributed by atoms with E-state index in [1.807, 2.05) is 6.07 Å². The highest BCUT2D eigenvalue weighted by Crippen LogP contribution is 2.36. The summed E-state index contributed by atoms with van der Waals surface area (Å²) in [5, 5.41) is 8.56. The van der Waals surface area contributed by atoms with Gasteiger partial charge in [-0.3, -0.25) is 0 Å². The molecule has 0 amide bonds. The molecule has 0 aliphatic carbocycles. The zero-order valence-corrected chi connectivity index (χ0v) is 10.7. The maximum atomic E-state index is 2.27. The van der Waals surface area contributed by atoms with Gasteiger partial charge < -0.3 is 4.90 Å². The van der Waals surface area contributed by atoms with Gasteiger partial charge in [0.05, 0.1) is 11.4 Å². The van der Waals surface area contributed by atoms with Crippen LogP contribution < -0.4 is 4.90 Å². The van der Waals surface area contributed by atoms with E-state index < -0.39 is 0 Å². The summed E-state index contributed by atoms with van der Waals surface area (Å²) in [5.41, 5.74) is 3.64. The lowest BCUT2D eigenvalue weighted by atomic mass is 10.2. The van der Waals surface area contributed by atoms with E-state index >= 15 is 0 Å². The molecule has 17 heavy (non-hydrogen) atoms. The van der Waals surface area contributed by atoms with Crippen molar-refractivity contribution in [2.45, 2.75) is 0 Å². The molecule has 0 bridgehead atoms. The second-order valence-electron chi connectivity index (χ2n) is 3.63. The van der Waals surface area contributed by atoms with E-state index in [9.17, 15) is 0 Å². The second kappa shape index (κ2) is 4.73. The molecule has 0 radical (unpaired) electrons. The Morgan fingerprint density at radius 2 is 1.24 bits per heavy atom. The fraction of sp³-hybridized carbons (Fsp3) is 0. The zero-order valence-electron chi connectivity index (χ0n) is 9.11. The fourth-order valence-electron chi connectivity index (χ4n) is 1.79. The molecule has 0 fully saturated rings. The van der Waals surface area contributed by atoms with Crippen LogP contribution in [0.5, 0.6) is 0 Å². The summed E-state index contributed by atoms with van der Waals surface area (Å²) in [6.45, 7) is 0. The SMILES string of the molecule is c1ccc(N(c2ccsc2)c2ccsc2)cc1. The first-order valence-electron chi connectivity index (χ1n) is 5.35. The van der Waals surface area contributed by atoms with E-state index in [-0.39, 0.29) is 0 Å². The van der Waals surface area contributed by atoms with Gasteiger partial charge in [-0.2, -0.15) is 22.7 Å². The Labute approximate surface area is 109 Å². The van der Waals surface area contributed by atoms with Crippen LogP contribution in [0.15, 0.2) is 64.0 Å². The van der Waals surface area contributed by atoms with E-state index in [1.54, 1.807) is 22.7 Å². The Morgan fingerprint density at radius 3 is 1.71 bits per heavy atom. The molecule has 0 aliphatic rings. The quantitative estimate of drug-likeness (QED) is 0.617. The van der Waals surface area contributed by atoms with Crippen molar-refractivity contribution >= 4 is 39.7 Å². The fourth-order valence-corrected chi connectivity index (χ4v) is 3.03. The molecule has 0 spiro atoms. The maximum absolute atomic E-state index is 2.27. The smallest absolute Gasteiger partial charge is 0.0568 e. The molecule has 2 aromatic heterocycles. The van der Waals surface area contributed by atoms with Gasteiger partial charge in [-0.1, -0.05) is 18.2 Å². The Morgan fingerprint density at radius 1 is 0.647 bits per heavy atom. The molecular formula is C14H11NS2. The van der Waals surface area contributed by atoms with Gasteiger partial charge in [-0.05, 0) is 35.0 Å². The van der Waals surface area contributed by atoms with E-state index in [2.05, 4.69) is 62.8 Å². The summed E-state index contributed by atoms with van der Waals surface area (Å²) in [4.78, 5) is 2.27. The minimum atomic E-state index is 1.20. The van der Waals surface area contributed by atoms with Crippen LogP contribution in [0.2, 0.25) is 0 Å². The minimum absolute atomic E-state index is 1.20. The summed E-state index contributed by atoms with van der Waals surface area (Å²) in [5.74, 6) is 0. The Balaban J connectivity index is 2.10. The molecular weight excluding hydrogens is 246 g/mol. The summed E-state index contributed by atoms with van der Waals surface area (Å²) in [7, 11) is 0. The number of benzene rings is 1. The van der Waals surface area contributed by atoms with Crippen LogP contribution in [0, 0.1) is 0 Å². The highest BCUT2D eigenvalue weighted by atomic mass is 32.1. The molecule has 3 rings (SSSR count). The van der Waals surface area contributed by atoms with Crippen LogP contribution in [0.25, 0.3) is 0 Å². The van der Waals surface area contributed by atoms with Crippen LogP contribution in [-0.2, 0) is 0 Å². The summed E-state index contributed by atoms with van der Waals surface area (Å²) in [6, 6.07) is 14.8. The number of para-hydroxylation sites is 1. The predicted molar refractivity (Wildman–Crippen MR) is 76.9 cm³/mol. The van der Waals surface area contributed by atoms with Crippen LogP contribution in [0.4, 0.5) is 17.1 Å². The van der Waals surface area contributed by atoms with Crippen molar-refractivity contribution < 1.29 is 0 Å². The second-order valence-corrected chi connectivity index (χ2v) is 5.19. The first-order chi connectivity index (χ1) is 8.45. The van der Waals surface area contributed by atoms with Crippen molar-refractivity contribution in [3.05, 3.63) is 64.0 Å². The molecule has 0 saturated heterocycles. The average Bonchev–Trinajstić information content (AvgIpc) is 3.04. The number of hydrogen-bond donors (Lipinski definition) is 0. The molecule has 84 valence electrons. The number of anilines is 3. The van der Waals surface area contributed by atoms with E-state index in [0.29, 0.717) is 0 Å². The molecule has 1 nitrogen and oxygen atoms in total. The van der Waals surface area contributed by atoms with Crippen molar-refractivity contribution in [1.82, 2.24) is 0 Å². The lowest BCUT2D eigenvalue weighted by molar-refractivity contribution is 1.31. The molecule has 2 heterocycles. The lowest BCUT2D eigenvalue weighted by Gasteiger charge is -2.22. The van der Waals surface area contributed by atoms with Gasteiger partial charge in [0.2, 0.25) is 0 Å². The van der Waals surface area contributed by atoms with E-state index in [4.69, 9.17) is 0 Å². The number of thiophene rings is 2. The molecule has 3 heteroatoms. The van der Waals surface area contributed by atoms with Crippen LogP contribution in [0.3, 0.4) is 0 Å². The highest BCUT2D eigenvalue weighted by Gasteiger charge is 2.11. The zero-order chi connectivity index (χ0) is 11.5. The largest absolute Gasteiger partial charge is 0.309 e. The molecule has 0 N–H and O–H groups in total. The van der Waals surface area contributed by atoms with Gasteiger partial charge in [-0.15, -0.1) is 0 Å². The predicted octanol–water partition coefficient (Wildman–Crippen LogP) is 5.28. The third-order valence-electron chi connectivity index (χ3n) is 2.54. The Kier molecular flexibility index (Phi) is 2.94. The van der Waals surface area contributed by atoms with Crippen molar-refractivity contribution in [1.29, 1.82) is 0 Å². The topological polar surface area (TPSA) is 3.24 Å². The van der Waals surface area contributed by atoms with Crippen LogP contribution >= 0.6 is 22.7 Å². The first-order valence-corrected chi connectivity index (χ1v) is 7.23. The first kappa shape index (κ1) is 10.6. The molecule has 0 atom stereocenters. The molecule has 1 aromatic carbocycles. The standard InChI is InChI=1S/C14H11NS2/c1-2-4-12(5-3-1)15(13-6-8-16-10-13)14-7-9-17-11-14/h1-11H. The normalized spacial score (nSPS) is 10.4. The van der Waals surface area contributed by atoms with Crippen molar-refractivity contribution in [2.24, 2.45) is 0 Å². The number of rotatable bonds is 3. The van der Waals surface area contributed by atoms with Gasteiger partial charge in [0.25, 0.3) is 0 Å². The van der Waals surface area contributed by atoms with Crippen molar-refractivity contribution in [2.75, 3.05) is 4.90 Å². The van der Waals surface area contributed by atoms with Gasteiger partial charge in [0.15, 0.2) is 0 Å². The lowest BCUT2D eigenvalue weighted by Crippen LogP contribution is -2.07. The Bertz CT molecular complexity index is 521. The molecule has 0 saturated carbocycles. The van der Waals surface area contributed by atoms with Gasteiger partial charge >= 0.3 is 0 Å². The van der Waals surface area contributed by atoms with Crippen LogP contribution in [0.1, 0.15) is 0 Å². The van der Waals surface area contributed by atoms with Crippen molar-refractivity contribution in [3.8, 4) is 0 Å². The monoisotopic (exact) mass is 257 g/mol. The van der Waals surface area contributed by atoms with Gasteiger partial charge in [0, 0.05) is 16.4 Å². The summed E-state index contributed by atoms with van der Waals surface area (Å²) >= 11 is 3.44. The number of nitrogens with zero attached hydrogens (tertiary/aromatic N) is 1. The minimum Gasteiger partial charge on any atom is -0.309 e. The van der Waals surface area contributed by atoms with Crippen molar-refractivity contribution in [3.63, 3.8) is 0 Å². The van der Waals surface area contributed by atoms with Crippen LogP contribution in [-0.4, -0.2) is 0 Å². The number of hydrogen-bond acceptors (Lipinski definition) is 3. The van der Waals surface area contributed by atoms with Gasteiger partial charge in [-0.25, -0.2) is 0 Å². The maximum Gasteiger partial charge on any atom is 0.0568 e.